The van der Waals surface area contributed by atoms with Gasteiger partial charge in [0.1, 0.15) is 6.04 Å². The molecule has 0 aromatic heterocycles. The summed E-state index contributed by atoms with van der Waals surface area (Å²) in [6, 6.07) is 28.8. The second-order valence-electron chi connectivity index (χ2n) is 8.55. The zero-order chi connectivity index (χ0) is 22.3. The normalized spacial score (nSPS) is 18.5. The van der Waals surface area contributed by atoms with Gasteiger partial charge in [0, 0.05) is 6.54 Å². The first-order valence-electron chi connectivity index (χ1n) is 11.3. The highest BCUT2D eigenvalue weighted by Gasteiger charge is 2.39. The third-order valence-corrected chi connectivity index (χ3v) is 6.48. The van der Waals surface area contributed by atoms with E-state index in [2.05, 4.69) is 12.1 Å². The number of hydrogen-bond donors (Lipinski definition) is 1. The van der Waals surface area contributed by atoms with E-state index in [0.717, 1.165) is 30.4 Å². The van der Waals surface area contributed by atoms with Crippen LogP contribution in [0.1, 0.15) is 41.9 Å². The van der Waals surface area contributed by atoms with Gasteiger partial charge in [-0.3, -0.25) is 4.79 Å². The van der Waals surface area contributed by atoms with Crippen molar-refractivity contribution in [2.24, 2.45) is 5.92 Å². The molecule has 0 radical (unpaired) electrons. The van der Waals surface area contributed by atoms with Crippen LogP contribution in [0.5, 0.6) is 0 Å². The number of hydrogen-bond acceptors (Lipinski definition) is 2. The first kappa shape index (κ1) is 21.8. The molecule has 4 rings (SSSR count). The predicted octanol–water partition coefficient (Wildman–Crippen LogP) is 5.14. The summed E-state index contributed by atoms with van der Waals surface area (Å²) < 4.78 is 0. The first-order chi connectivity index (χ1) is 15.6. The Kier molecular flexibility index (Phi) is 7.00. The van der Waals surface area contributed by atoms with E-state index < -0.39 is 17.9 Å². The van der Waals surface area contributed by atoms with Crippen LogP contribution < -0.4 is 0 Å². The quantitative estimate of drug-likeness (QED) is 0.568. The van der Waals surface area contributed by atoms with Gasteiger partial charge in [-0.15, -0.1) is 0 Å². The molecule has 1 aliphatic rings. The summed E-state index contributed by atoms with van der Waals surface area (Å²) in [4.78, 5) is 27.6. The van der Waals surface area contributed by atoms with E-state index in [1.807, 2.05) is 78.9 Å². The summed E-state index contributed by atoms with van der Waals surface area (Å²) in [6.45, 7) is 0.478. The molecule has 1 saturated heterocycles. The fourth-order valence-electron chi connectivity index (χ4n) is 4.75. The van der Waals surface area contributed by atoms with Gasteiger partial charge in [-0.1, -0.05) is 91.0 Å². The Balaban J connectivity index is 1.53. The van der Waals surface area contributed by atoms with Gasteiger partial charge in [0.25, 0.3) is 0 Å². The summed E-state index contributed by atoms with van der Waals surface area (Å²) in [5, 5.41) is 9.99. The maximum absolute atomic E-state index is 13.8. The van der Waals surface area contributed by atoms with Gasteiger partial charge in [-0.05, 0) is 48.3 Å². The van der Waals surface area contributed by atoms with Crippen molar-refractivity contribution in [3.05, 3.63) is 108 Å². The summed E-state index contributed by atoms with van der Waals surface area (Å²) in [7, 11) is 0. The van der Waals surface area contributed by atoms with Crippen molar-refractivity contribution >= 4 is 11.9 Å². The molecular weight excluding hydrogens is 398 g/mol. The molecule has 0 saturated carbocycles. The average Bonchev–Trinajstić information content (AvgIpc) is 2.84. The van der Waals surface area contributed by atoms with Crippen LogP contribution in [0, 0.1) is 5.92 Å². The molecule has 1 fully saturated rings. The van der Waals surface area contributed by atoms with Crippen LogP contribution in [0.25, 0.3) is 0 Å². The number of carbonyl (C=O) groups is 2. The number of nitrogens with zero attached hydrogens (tertiary/aromatic N) is 1. The summed E-state index contributed by atoms with van der Waals surface area (Å²) >= 11 is 0. The number of benzene rings is 3. The number of amides is 1. The average molecular weight is 428 g/mol. The molecule has 0 bridgehead atoms. The minimum atomic E-state index is -0.914. The lowest BCUT2D eigenvalue weighted by atomic mass is 9.84. The Morgan fingerprint density at radius 3 is 1.91 bits per heavy atom. The van der Waals surface area contributed by atoms with Crippen molar-refractivity contribution in [2.45, 2.75) is 37.6 Å². The fraction of sp³-hybridized carbons (Fsp3) is 0.286. The molecule has 0 aliphatic carbocycles. The van der Waals surface area contributed by atoms with Crippen molar-refractivity contribution in [3.8, 4) is 0 Å². The molecule has 2 atom stereocenters. The van der Waals surface area contributed by atoms with Gasteiger partial charge in [0.05, 0.1) is 5.92 Å². The molecule has 1 aliphatic heterocycles. The zero-order valence-electron chi connectivity index (χ0n) is 18.1. The number of aryl methyl sites for hydroxylation is 1. The molecule has 32 heavy (non-hydrogen) atoms. The minimum Gasteiger partial charge on any atom is -0.480 e. The third kappa shape index (κ3) is 5.08. The van der Waals surface area contributed by atoms with E-state index in [4.69, 9.17) is 0 Å². The van der Waals surface area contributed by atoms with Crippen LogP contribution >= 0.6 is 0 Å². The molecule has 1 N–H and O–H groups in total. The lowest BCUT2D eigenvalue weighted by Gasteiger charge is -2.39. The van der Waals surface area contributed by atoms with Crippen LogP contribution in [-0.4, -0.2) is 34.5 Å². The lowest BCUT2D eigenvalue weighted by Crippen LogP contribution is -2.51. The monoisotopic (exact) mass is 427 g/mol. The summed E-state index contributed by atoms with van der Waals surface area (Å²) in [5.41, 5.74) is 3.05. The molecule has 1 amide bonds. The maximum atomic E-state index is 13.8. The van der Waals surface area contributed by atoms with E-state index in [0.29, 0.717) is 18.9 Å². The number of carboxylic acid groups (broad SMARTS) is 1. The third-order valence-electron chi connectivity index (χ3n) is 6.48. The van der Waals surface area contributed by atoms with Crippen LogP contribution in [-0.2, 0) is 16.0 Å². The van der Waals surface area contributed by atoms with Crippen molar-refractivity contribution in [1.29, 1.82) is 0 Å². The highest BCUT2D eigenvalue weighted by molar-refractivity contribution is 5.91. The Hall–Kier alpha value is -3.40. The SMILES string of the molecule is O=C(O)C1CC(CCc2ccccc2)CCN1C(=O)C(c1ccccc1)c1ccccc1. The largest absolute Gasteiger partial charge is 0.480 e. The second-order valence-corrected chi connectivity index (χ2v) is 8.55. The summed E-state index contributed by atoms with van der Waals surface area (Å²) in [5.74, 6) is -1.24. The fourth-order valence-corrected chi connectivity index (χ4v) is 4.75. The smallest absolute Gasteiger partial charge is 0.326 e. The van der Waals surface area contributed by atoms with E-state index in [1.54, 1.807) is 4.90 Å². The van der Waals surface area contributed by atoms with E-state index >= 15 is 0 Å². The highest BCUT2D eigenvalue weighted by Crippen LogP contribution is 2.33. The lowest BCUT2D eigenvalue weighted by molar-refractivity contribution is -0.153. The van der Waals surface area contributed by atoms with Crippen molar-refractivity contribution in [1.82, 2.24) is 4.90 Å². The molecule has 4 heteroatoms. The van der Waals surface area contributed by atoms with Gasteiger partial charge >= 0.3 is 5.97 Å². The molecule has 164 valence electrons. The number of piperidine rings is 1. The van der Waals surface area contributed by atoms with E-state index in [9.17, 15) is 14.7 Å². The van der Waals surface area contributed by atoms with Crippen LogP contribution in [0.15, 0.2) is 91.0 Å². The number of carboxylic acids is 1. The second kappa shape index (κ2) is 10.3. The van der Waals surface area contributed by atoms with Crippen molar-refractivity contribution in [3.63, 3.8) is 0 Å². The van der Waals surface area contributed by atoms with Crippen molar-refractivity contribution < 1.29 is 14.7 Å². The Bertz CT molecular complexity index is 981. The summed E-state index contributed by atoms with van der Waals surface area (Å²) in [6.07, 6.45) is 3.21. The molecule has 1 heterocycles. The van der Waals surface area contributed by atoms with Gasteiger partial charge in [0.2, 0.25) is 5.91 Å². The Morgan fingerprint density at radius 2 is 1.38 bits per heavy atom. The molecule has 3 aromatic rings. The Morgan fingerprint density at radius 1 is 0.844 bits per heavy atom. The van der Waals surface area contributed by atoms with Gasteiger partial charge in [-0.25, -0.2) is 4.79 Å². The van der Waals surface area contributed by atoms with Gasteiger partial charge in [-0.2, -0.15) is 0 Å². The molecule has 3 aromatic carbocycles. The van der Waals surface area contributed by atoms with Crippen LogP contribution in [0.3, 0.4) is 0 Å². The topological polar surface area (TPSA) is 57.6 Å². The number of rotatable bonds is 7. The number of aliphatic carboxylic acids is 1. The van der Waals surface area contributed by atoms with E-state index in [1.165, 1.54) is 5.56 Å². The number of likely N-dealkylation sites (tertiary alicyclic amines) is 1. The molecule has 2 unspecified atom stereocenters. The maximum Gasteiger partial charge on any atom is 0.326 e. The van der Waals surface area contributed by atoms with Crippen LogP contribution in [0.4, 0.5) is 0 Å². The first-order valence-corrected chi connectivity index (χ1v) is 11.3. The minimum absolute atomic E-state index is 0.128. The van der Waals surface area contributed by atoms with E-state index in [-0.39, 0.29) is 5.91 Å². The van der Waals surface area contributed by atoms with Gasteiger partial charge in [0.15, 0.2) is 0 Å². The van der Waals surface area contributed by atoms with Gasteiger partial charge < -0.3 is 10.0 Å². The predicted molar refractivity (Wildman–Crippen MR) is 125 cm³/mol. The molecule has 0 spiro atoms. The Labute approximate surface area is 189 Å². The van der Waals surface area contributed by atoms with Crippen molar-refractivity contribution in [2.75, 3.05) is 6.54 Å². The molecular formula is C28H29NO3. The highest BCUT2D eigenvalue weighted by atomic mass is 16.4. The standard InChI is InChI=1S/C28H29NO3/c30-27(26(23-12-6-2-7-13-23)24-14-8-3-9-15-24)29-19-18-22(20-25(29)28(31)32)17-16-21-10-4-1-5-11-21/h1-15,22,25-26H,16-20H2,(H,31,32). The zero-order valence-corrected chi connectivity index (χ0v) is 18.1. The molecule has 4 nitrogen and oxygen atoms in total. The van der Waals surface area contributed by atoms with Crippen LogP contribution in [0.2, 0.25) is 0 Å². The number of carbonyl (C=O) groups excluding carboxylic acids is 1.